The number of ether oxygens (including phenoxy) is 1. The lowest BCUT2D eigenvalue weighted by atomic mass is 10.0. The fraction of sp³-hybridized carbons (Fsp3) is 0.450. The molecule has 7 nitrogen and oxygen atoms in total. The number of aromatic amines is 1. The van der Waals surface area contributed by atoms with Crippen molar-refractivity contribution in [3.63, 3.8) is 0 Å². The van der Waals surface area contributed by atoms with Gasteiger partial charge in [-0.1, -0.05) is 0 Å². The number of carbonyl (C=O) groups excluding carboxylic acids is 2. The Labute approximate surface area is 167 Å². The van der Waals surface area contributed by atoms with E-state index in [2.05, 4.69) is 20.8 Å². The number of hydrogen-bond acceptors (Lipinski definition) is 4. The molecule has 0 saturated heterocycles. The molecular formula is C20H24F2N4O3. The van der Waals surface area contributed by atoms with E-state index in [9.17, 15) is 18.4 Å². The van der Waals surface area contributed by atoms with Gasteiger partial charge in [-0.3, -0.25) is 9.89 Å². The average Bonchev–Trinajstić information content (AvgIpc) is 3.22. The van der Waals surface area contributed by atoms with Gasteiger partial charge in [0.05, 0.1) is 12.5 Å². The predicted octanol–water partition coefficient (Wildman–Crippen LogP) is 3.64. The van der Waals surface area contributed by atoms with Crippen LogP contribution in [-0.2, 0) is 16.0 Å². The summed E-state index contributed by atoms with van der Waals surface area (Å²) >= 11 is 0. The van der Waals surface area contributed by atoms with E-state index in [-0.39, 0.29) is 30.0 Å². The number of alkyl carbamates (subject to hydrolysis) is 1. The van der Waals surface area contributed by atoms with Gasteiger partial charge in [-0.05, 0) is 50.8 Å². The number of carbonyl (C=O) groups is 2. The van der Waals surface area contributed by atoms with Crippen LogP contribution in [0.15, 0.2) is 24.3 Å². The fourth-order valence-electron chi connectivity index (χ4n) is 3.51. The number of nitrogens with one attached hydrogen (secondary N) is 3. The van der Waals surface area contributed by atoms with Crippen molar-refractivity contribution in [3.05, 3.63) is 47.2 Å². The second-order valence-corrected chi connectivity index (χ2v) is 7.52. The summed E-state index contributed by atoms with van der Waals surface area (Å²) in [5.41, 5.74) is 1.10. The number of aromatic nitrogens is 2. The van der Waals surface area contributed by atoms with Crippen LogP contribution in [0.2, 0.25) is 0 Å². The summed E-state index contributed by atoms with van der Waals surface area (Å²) in [6.45, 7) is 3.59. The highest BCUT2D eigenvalue weighted by atomic mass is 19.1. The zero-order valence-electron chi connectivity index (χ0n) is 16.3. The molecule has 2 aromatic rings. The monoisotopic (exact) mass is 406 g/mol. The van der Waals surface area contributed by atoms with Crippen molar-refractivity contribution in [1.82, 2.24) is 15.5 Å². The summed E-state index contributed by atoms with van der Waals surface area (Å²) in [4.78, 5) is 23.8. The third kappa shape index (κ3) is 6.00. The minimum Gasteiger partial charge on any atom is -0.447 e. The number of hydrogen-bond donors (Lipinski definition) is 3. The zero-order chi connectivity index (χ0) is 21.0. The minimum atomic E-state index is -0.725. The van der Waals surface area contributed by atoms with Crippen LogP contribution in [0.4, 0.5) is 19.4 Å². The van der Waals surface area contributed by atoms with E-state index in [0.29, 0.717) is 5.82 Å². The highest BCUT2D eigenvalue weighted by Crippen LogP contribution is 2.34. The molecule has 156 valence electrons. The molecule has 1 aliphatic carbocycles. The fourth-order valence-corrected chi connectivity index (χ4v) is 3.51. The van der Waals surface area contributed by atoms with E-state index in [1.54, 1.807) is 19.9 Å². The van der Waals surface area contributed by atoms with Gasteiger partial charge in [-0.2, -0.15) is 5.10 Å². The number of amides is 2. The summed E-state index contributed by atoms with van der Waals surface area (Å²) in [5.74, 6) is -1.35. The molecule has 2 amide bonds. The van der Waals surface area contributed by atoms with Crippen molar-refractivity contribution in [3.8, 4) is 0 Å². The summed E-state index contributed by atoms with van der Waals surface area (Å²) in [6.07, 6.45) is 1.68. The number of H-pyrrole nitrogens is 1. The molecule has 0 spiro atoms. The van der Waals surface area contributed by atoms with Gasteiger partial charge in [0.2, 0.25) is 5.91 Å². The summed E-state index contributed by atoms with van der Waals surface area (Å²) in [6, 6.07) is 4.76. The molecule has 2 atom stereocenters. The quantitative estimate of drug-likeness (QED) is 0.682. The lowest BCUT2D eigenvalue weighted by Gasteiger charge is -2.14. The highest BCUT2D eigenvalue weighted by molar-refractivity contribution is 5.91. The SMILES string of the molecule is CC(C)OC(=O)N[C@@H]1CC[C@H](c2cc(NC(=O)Cc3cc(F)cc(F)c3)n[nH]2)C1. The van der Waals surface area contributed by atoms with Crippen LogP contribution in [-0.4, -0.2) is 34.3 Å². The molecule has 3 N–H and O–H groups in total. The molecule has 1 aliphatic rings. The summed E-state index contributed by atoms with van der Waals surface area (Å²) < 4.78 is 31.6. The van der Waals surface area contributed by atoms with Crippen molar-refractivity contribution >= 4 is 17.8 Å². The third-order valence-corrected chi connectivity index (χ3v) is 4.69. The Balaban J connectivity index is 1.51. The molecule has 1 aromatic carbocycles. The second kappa shape index (κ2) is 9.02. The van der Waals surface area contributed by atoms with E-state index < -0.39 is 23.6 Å². The molecule has 1 aromatic heterocycles. The Morgan fingerprint density at radius 2 is 1.93 bits per heavy atom. The van der Waals surface area contributed by atoms with E-state index in [4.69, 9.17) is 4.74 Å². The Hall–Kier alpha value is -2.97. The van der Waals surface area contributed by atoms with Gasteiger partial charge < -0.3 is 15.4 Å². The molecule has 9 heteroatoms. The smallest absolute Gasteiger partial charge is 0.407 e. The first-order chi connectivity index (χ1) is 13.8. The lowest BCUT2D eigenvalue weighted by Crippen LogP contribution is -2.34. The van der Waals surface area contributed by atoms with E-state index in [1.165, 1.54) is 0 Å². The molecule has 0 unspecified atom stereocenters. The molecule has 0 aliphatic heterocycles. The summed E-state index contributed by atoms with van der Waals surface area (Å²) in [5, 5.41) is 12.5. The largest absolute Gasteiger partial charge is 0.447 e. The van der Waals surface area contributed by atoms with Crippen LogP contribution in [0.1, 0.15) is 50.3 Å². The van der Waals surface area contributed by atoms with Crippen molar-refractivity contribution in [2.75, 3.05) is 5.32 Å². The first-order valence-electron chi connectivity index (χ1n) is 9.55. The maximum absolute atomic E-state index is 13.2. The molecule has 1 heterocycles. The Morgan fingerprint density at radius 1 is 1.21 bits per heavy atom. The van der Waals surface area contributed by atoms with E-state index in [0.717, 1.165) is 43.2 Å². The normalized spacial score (nSPS) is 18.7. The topological polar surface area (TPSA) is 96.1 Å². The predicted molar refractivity (Wildman–Crippen MR) is 102 cm³/mol. The van der Waals surface area contributed by atoms with Crippen molar-refractivity contribution < 1.29 is 23.1 Å². The first-order valence-corrected chi connectivity index (χ1v) is 9.55. The lowest BCUT2D eigenvalue weighted by molar-refractivity contribution is -0.115. The van der Waals surface area contributed by atoms with Crippen LogP contribution in [0.3, 0.4) is 0 Å². The Bertz CT molecular complexity index is 864. The maximum atomic E-state index is 13.2. The van der Waals surface area contributed by atoms with Crippen LogP contribution in [0.25, 0.3) is 0 Å². The van der Waals surface area contributed by atoms with Crippen molar-refractivity contribution in [1.29, 1.82) is 0 Å². The van der Waals surface area contributed by atoms with Gasteiger partial charge in [0.25, 0.3) is 0 Å². The van der Waals surface area contributed by atoms with Crippen LogP contribution >= 0.6 is 0 Å². The second-order valence-electron chi connectivity index (χ2n) is 7.52. The van der Waals surface area contributed by atoms with Gasteiger partial charge in [-0.25, -0.2) is 13.6 Å². The molecule has 1 fully saturated rings. The van der Waals surface area contributed by atoms with E-state index in [1.807, 2.05) is 0 Å². The Kier molecular flexibility index (Phi) is 6.46. The molecule has 29 heavy (non-hydrogen) atoms. The van der Waals surface area contributed by atoms with Crippen LogP contribution in [0, 0.1) is 11.6 Å². The third-order valence-electron chi connectivity index (χ3n) is 4.69. The molecule has 0 radical (unpaired) electrons. The van der Waals surface area contributed by atoms with Crippen molar-refractivity contribution in [2.24, 2.45) is 0 Å². The van der Waals surface area contributed by atoms with Gasteiger partial charge in [-0.15, -0.1) is 0 Å². The standard InChI is InChI=1S/C20H24F2N4O3/c1-11(2)29-20(28)23-16-4-3-13(8-16)17-10-18(26-25-17)24-19(27)7-12-5-14(21)9-15(22)6-12/h5-6,9-11,13,16H,3-4,7-8H2,1-2H3,(H,23,28)(H2,24,25,26,27)/t13-,16+/m0/s1. The van der Waals surface area contributed by atoms with Gasteiger partial charge in [0.15, 0.2) is 5.82 Å². The first kappa shape index (κ1) is 20.8. The molecule has 1 saturated carbocycles. The number of benzene rings is 1. The van der Waals surface area contributed by atoms with Crippen molar-refractivity contribution in [2.45, 2.75) is 57.6 Å². The maximum Gasteiger partial charge on any atom is 0.407 e. The molecular weight excluding hydrogens is 382 g/mol. The van der Waals surface area contributed by atoms with Gasteiger partial charge in [0, 0.05) is 29.8 Å². The minimum absolute atomic E-state index is 0.0236. The summed E-state index contributed by atoms with van der Waals surface area (Å²) in [7, 11) is 0. The zero-order valence-corrected chi connectivity index (χ0v) is 16.3. The van der Waals surface area contributed by atoms with Crippen LogP contribution in [0.5, 0.6) is 0 Å². The van der Waals surface area contributed by atoms with Gasteiger partial charge in [0.1, 0.15) is 11.6 Å². The van der Waals surface area contributed by atoms with Crippen LogP contribution < -0.4 is 10.6 Å². The molecule has 0 bridgehead atoms. The van der Waals surface area contributed by atoms with Gasteiger partial charge >= 0.3 is 6.09 Å². The number of rotatable bonds is 6. The molecule has 3 rings (SSSR count). The van der Waals surface area contributed by atoms with E-state index >= 15 is 0 Å². The number of halogens is 2. The Morgan fingerprint density at radius 3 is 2.62 bits per heavy atom. The average molecular weight is 406 g/mol. The number of nitrogens with zero attached hydrogens (tertiary/aromatic N) is 1. The number of anilines is 1. The highest BCUT2D eigenvalue weighted by Gasteiger charge is 2.29.